The van der Waals surface area contributed by atoms with E-state index in [2.05, 4.69) is 30.9 Å². The Bertz CT molecular complexity index is 1150. The monoisotopic (exact) mass is 445 g/mol. The van der Waals surface area contributed by atoms with Gasteiger partial charge in [0, 0.05) is 18.0 Å². The maximum Gasteiger partial charge on any atom is 0.156 e. The van der Waals surface area contributed by atoms with E-state index >= 15 is 4.39 Å². The highest BCUT2D eigenvalue weighted by Crippen LogP contribution is 2.69. The summed E-state index contributed by atoms with van der Waals surface area (Å²) in [7, 11) is 0. The van der Waals surface area contributed by atoms with Crippen molar-refractivity contribution >= 4 is 17.3 Å². The van der Waals surface area contributed by atoms with E-state index in [0.29, 0.717) is 30.5 Å². The number of halogens is 1. The van der Waals surface area contributed by atoms with E-state index in [1.807, 2.05) is 19.1 Å². The molecule has 0 heterocycles. The lowest BCUT2D eigenvalue weighted by Gasteiger charge is -2.55. The summed E-state index contributed by atoms with van der Waals surface area (Å²) < 4.78 is 15.6. The van der Waals surface area contributed by atoms with Crippen LogP contribution in [0.2, 0.25) is 0 Å². The van der Waals surface area contributed by atoms with E-state index in [1.54, 1.807) is 13.0 Å². The van der Waals surface area contributed by atoms with Crippen LogP contribution in [-0.2, 0) is 9.59 Å². The minimum absolute atomic E-state index is 0.0230. The number of hydrogen-bond donors (Lipinski definition) is 1. The second-order valence-electron chi connectivity index (χ2n) is 10.6. The molecule has 0 amide bonds. The Hall–Kier alpha value is -2.67. The first-order valence-corrected chi connectivity index (χ1v) is 12.1. The number of allylic oxidation sites excluding steroid dienone is 4. The van der Waals surface area contributed by atoms with Crippen molar-refractivity contribution < 1.29 is 14.0 Å². The van der Waals surface area contributed by atoms with Gasteiger partial charge in [0.15, 0.2) is 5.78 Å². The normalized spacial score (nSPS) is 37.3. The molecular formula is C29H32FNO2. The molecule has 0 bridgehead atoms. The van der Waals surface area contributed by atoms with Crippen molar-refractivity contribution in [3.8, 4) is 11.8 Å². The minimum atomic E-state index is -1.13. The molecule has 5 rings (SSSR count). The summed E-state index contributed by atoms with van der Waals surface area (Å²) in [5, 5.41) is 0. The lowest BCUT2D eigenvalue weighted by Crippen LogP contribution is -2.51. The molecule has 33 heavy (non-hydrogen) atoms. The zero-order valence-electron chi connectivity index (χ0n) is 19.7. The number of hydrogen-bond acceptors (Lipinski definition) is 3. The Labute approximate surface area is 195 Å². The van der Waals surface area contributed by atoms with Gasteiger partial charge in [-0.05, 0) is 98.1 Å². The van der Waals surface area contributed by atoms with Gasteiger partial charge in [-0.3, -0.25) is 9.59 Å². The third kappa shape index (κ3) is 3.08. The SMILES string of the molecule is CC#C[C@]1(C(C)=O)CC[C@H]2[C@@H]3CC(F)C4=CC(=O)CCC4=C3[C@@H](c3ccc(N)cc3)C[C@@]21C. The van der Waals surface area contributed by atoms with E-state index in [9.17, 15) is 9.59 Å². The van der Waals surface area contributed by atoms with Crippen LogP contribution in [0, 0.1) is 34.5 Å². The number of nitrogen functional groups attached to an aromatic ring is 1. The molecule has 4 heteroatoms. The van der Waals surface area contributed by atoms with Crippen LogP contribution in [0.25, 0.3) is 0 Å². The first-order valence-electron chi connectivity index (χ1n) is 12.1. The van der Waals surface area contributed by atoms with Crippen LogP contribution in [0.3, 0.4) is 0 Å². The predicted octanol–water partition coefficient (Wildman–Crippen LogP) is 5.72. The van der Waals surface area contributed by atoms with E-state index in [0.717, 1.165) is 30.4 Å². The highest BCUT2D eigenvalue weighted by molar-refractivity contribution is 5.93. The number of nitrogens with two attached hydrogens (primary N) is 1. The van der Waals surface area contributed by atoms with E-state index in [1.165, 1.54) is 5.57 Å². The quantitative estimate of drug-likeness (QED) is 0.468. The summed E-state index contributed by atoms with van der Waals surface area (Å²) in [5.41, 5.74) is 9.78. The molecule has 172 valence electrons. The standard InChI is InChI=1S/C29H32FNO2/c1-4-12-29(17(2)32)13-11-25-23-15-26(30)22-14-20(33)9-10-21(22)27(23)24(16-28(25,29)3)18-5-7-19(31)8-6-18/h5-8,14,23-26H,9-11,13,15-16,31H2,1-3H3/t23-,24+,25-,26?,28-,29+/m0/s1. The van der Waals surface area contributed by atoms with E-state index < -0.39 is 11.6 Å². The second-order valence-corrected chi connectivity index (χ2v) is 10.6. The molecule has 0 spiro atoms. The number of benzene rings is 1. The highest BCUT2D eigenvalue weighted by atomic mass is 19.1. The van der Waals surface area contributed by atoms with E-state index in [4.69, 9.17) is 5.73 Å². The molecular weight excluding hydrogens is 413 g/mol. The fraction of sp³-hybridized carbons (Fsp3) is 0.517. The summed E-state index contributed by atoms with van der Waals surface area (Å²) in [6.07, 6.45) is 4.27. The third-order valence-corrected chi connectivity index (χ3v) is 9.22. The van der Waals surface area contributed by atoms with Crippen LogP contribution in [0.5, 0.6) is 0 Å². The molecule has 1 aromatic carbocycles. The van der Waals surface area contributed by atoms with Gasteiger partial charge >= 0.3 is 0 Å². The van der Waals surface area contributed by atoms with Gasteiger partial charge in [-0.25, -0.2) is 4.39 Å². The van der Waals surface area contributed by atoms with Gasteiger partial charge in [-0.15, -0.1) is 5.92 Å². The van der Waals surface area contributed by atoms with Crippen LogP contribution in [0.15, 0.2) is 47.1 Å². The number of carbonyl (C=O) groups excluding carboxylic acids is 2. The van der Waals surface area contributed by atoms with E-state index in [-0.39, 0.29) is 34.7 Å². The first kappa shape index (κ1) is 22.1. The topological polar surface area (TPSA) is 60.2 Å². The van der Waals surface area contributed by atoms with Gasteiger partial charge in [0.25, 0.3) is 0 Å². The zero-order chi connectivity index (χ0) is 23.5. The maximum atomic E-state index is 15.6. The molecule has 0 radical (unpaired) electrons. The summed E-state index contributed by atoms with van der Waals surface area (Å²) in [4.78, 5) is 25.3. The van der Waals surface area contributed by atoms with Gasteiger partial charge in [0.05, 0.1) is 5.41 Å². The number of anilines is 1. The zero-order valence-corrected chi connectivity index (χ0v) is 19.7. The molecule has 4 aliphatic carbocycles. The van der Waals surface area contributed by atoms with Crippen LogP contribution in [-0.4, -0.2) is 17.7 Å². The van der Waals surface area contributed by atoms with Gasteiger partial charge in [-0.1, -0.05) is 30.6 Å². The molecule has 1 unspecified atom stereocenters. The highest BCUT2D eigenvalue weighted by Gasteiger charge is 2.65. The molecule has 4 aliphatic rings. The molecule has 1 aromatic rings. The molecule has 2 N–H and O–H groups in total. The molecule has 0 aliphatic heterocycles. The summed E-state index contributed by atoms with van der Waals surface area (Å²) >= 11 is 0. The fourth-order valence-corrected chi connectivity index (χ4v) is 7.77. The van der Waals surface area contributed by atoms with Crippen LogP contribution >= 0.6 is 0 Å². The Morgan fingerprint density at radius 3 is 2.61 bits per heavy atom. The molecule has 0 aromatic heterocycles. The average molecular weight is 446 g/mol. The van der Waals surface area contributed by atoms with Gasteiger partial charge in [0.2, 0.25) is 0 Å². The average Bonchev–Trinajstić information content (AvgIpc) is 3.08. The fourth-order valence-electron chi connectivity index (χ4n) is 7.77. The van der Waals surface area contributed by atoms with Crippen molar-refractivity contribution in [2.75, 3.05) is 5.73 Å². The van der Waals surface area contributed by atoms with Crippen molar-refractivity contribution in [2.24, 2.45) is 22.7 Å². The smallest absolute Gasteiger partial charge is 0.156 e. The molecule has 2 saturated carbocycles. The van der Waals surface area contributed by atoms with Crippen molar-refractivity contribution in [1.29, 1.82) is 0 Å². The van der Waals surface area contributed by atoms with Crippen molar-refractivity contribution in [1.82, 2.24) is 0 Å². The van der Waals surface area contributed by atoms with Gasteiger partial charge < -0.3 is 5.73 Å². The van der Waals surface area contributed by atoms with Crippen molar-refractivity contribution in [3.05, 3.63) is 52.6 Å². The number of fused-ring (bicyclic) bond motifs is 4. The third-order valence-electron chi connectivity index (χ3n) is 9.22. The predicted molar refractivity (Wildman–Crippen MR) is 128 cm³/mol. The first-order chi connectivity index (χ1) is 15.7. The Morgan fingerprint density at radius 1 is 1.21 bits per heavy atom. The molecule has 6 atom stereocenters. The number of alkyl halides is 1. The Balaban J connectivity index is 1.74. The van der Waals surface area contributed by atoms with Gasteiger partial charge in [0.1, 0.15) is 12.0 Å². The second kappa shape index (κ2) is 7.69. The summed E-state index contributed by atoms with van der Waals surface area (Å²) in [5.74, 6) is 6.90. The lowest BCUT2D eigenvalue weighted by atomic mass is 9.48. The maximum absolute atomic E-state index is 15.6. The Morgan fingerprint density at radius 2 is 1.94 bits per heavy atom. The van der Waals surface area contributed by atoms with Crippen LogP contribution in [0.4, 0.5) is 10.1 Å². The summed E-state index contributed by atoms with van der Waals surface area (Å²) in [6, 6.07) is 7.99. The number of rotatable bonds is 2. The number of Topliss-reactive ketones (excluding diaryl/α,β-unsaturated/α-hetero) is 1. The van der Waals surface area contributed by atoms with Crippen molar-refractivity contribution in [2.45, 2.75) is 71.4 Å². The largest absolute Gasteiger partial charge is 0.399 e. The molecule has 2 fully saturated rings. The number of carbonyl (C=O) groups is 2. The number of ketones is 2. The van der Waals surface area contributed by atoms with Crippen molar-refractivity contribution in [3.63, 3.8) is 0 Å². The molecule has 0 saturated heterocycles. The van der Waals surface area contributed by atoms with Gasteiger partial charge in [-0.2, -0.15) is 0 Å². The van der Waals surface area contributed by atoms with Crippen LogP contribution < -0.4 is 5.73 Å². The van der Waals surface area contributed by atoms with Crippen LogP contribution in [0.1, 0.15) is 70.8 Å². The molecule has 3 nitrogen and oxygen atoms in total. The summed E-state index contributed by atoms with van der Waals surface area (Å²) in [6.45, 7) is 5.71. The lowest BCUT2D eigenvalue weighted by molar-refractivity contribution is -0.130. The Kier molecular flexibility index (Phi) is 5.16. The minimum Gasteiger partial charge on any atom is -0.399 e.